The normalized spacial score (nSPS) is 11.3. The third-order valence-corrected chi connectivity index (χ3v) is 5.38. The van der Waals surface area contributed by atoms with Gasteiger partial charge in [-0.25, -0.2) is 4.98 Å². The molecule has 0 amide bonds. The molecular weight excluding hydrogens is 376 g/mol. The Morgan fingerprint density at radius 3 is 2.83 bits per heavy atom. The molecule has 120 valence electrons. The molecule has 0 atom stereocenters. The zero-order chi connectivity index (χ0) is 16.6. The van der Waals surface area contributed by atoms with E-state index in [1.807, 2.05) is 31.4 Å². The molecule has 0 radical (unpaired) electrons. The number of fused-ring (bicyclic) bond motifs is 1. The molecule has 0 spiro atoms. The SMILES string of the molecule is COCCn1c(C)nc2scc(-c3cc(C)ccc3Br)c2c1=O. The van der Waals surface area contributed by atoms with Gasteiger partial charge in [0.25, 0.3) is 5.56 Å². The Bertz CT molecular complexity index is 930. The van der Waals surface area contributed by atoms with E-state index >= 15 is 0 Å². The van der Waals surface area contributed by atoms with Crippen molar-refractivity contribution in [1.29, 1.82) is 0 Å². The van der Waals surface area contributed by atoms with Crippen LogP contribution in [0.15, 0.2) is 32.8 Å². The molecule has 3 aromatic rings. The van der Waals surface area contributed by atoms with Crippen molar-refractivity contribution >= 4 is 37.5 Å². The van der Waals surface area contributed by atoms with Gasteiger partial charge in [0.05, 0.1) is 18.5 Å². The fourth-order valence-electron chi connectivity index (χ4n) is 2.62. The topological polar surface area (TPSA) is 44.1 Å². The minimum Gasteiger partial charge on any atom is -0.383 e. The van der Waals surface area contributed by atoms with Gasteiger partial charge in [-0.15, -0.1) is 11.3 Å². The minimum absolute atomic E-state index is 0.00536. The van der Waals surface area contributed by atoms with Gasteiger partial charge in [-0.2, -0.15) is 0 Å². The van der Waals surface area contributed by atoms with Crippen molar-refractivity contribution in [3.63, 3.8) is 0 Å². The second kappa shape index (κ2) is 6.55. The standard InChI is InChI=1S/C17H17BrN2O2S/c1-10-4-5-14(18)12(8-10)13-9-23-16-15(13)17(21)20(6-7-22-3)11(2)19-16/h4-5,8-9H,6-7H2,1-3H3. The highest BCUT2D eigenvalue weighted by Crippen LogP contribution is 2.35. The van der Waals surface area contributed by atoms with Crippen molar-refractivity contribution in [2.45, 2.75) is 20.4 Å². The van der Waals surface area contributed by atoms with Gasteiger partial charge in [-0.05, 0) is 25.5 Å². The molecule has 0 saturated heterocycles. The third-order valence-electron chi connectivity index (χ3n) is 3.82. The summed E-state index contributed by atoms with van der Waals surface area (Å²) in [6, 6.07) is 6.14. The molecule has 0 N–H and O–H groups in total. The van der Waals surface area contributed by atoms with E-state index in [-0.39, 0.29) is 5.56 Å². The Balaban J connectivity index is 2.27. The number of aromatic nitrogens is 2. The van der Waals surface area contributed by atoms with Crippen LogP contribution in [0.5, 0.6) is 0 Å². The summed E-state index contributed by atoms with van der Waals surface area (Å²) in [7, 11) is 1.63. The fourth-order valence-corrected chi connectivity index (χ4v) is 4.05. The number of hydrogen-bond donors (Lipinski definition) is 0. The summed E-state index contributed by atoms with van der Waals surface area (Å²) < 4.78 is 7.77. The lowest BCUT2D eigenvalue weighted by molar-refractivity contribution is 0.185. The van der Waals surface area contributed by atoms with Crippen LogP contribution in [0.3, 0.4) is 0 Å². The molecule has 0 bridgehead atoms. The van der Waals surface area contributed by atoms with Crippen LogP contribution in [0.1, 0.15) is 11.4 Å². The Morgan fingerprint density at radius 2 is 2.09 bits per heavy atom. The second-order valence-electron chi connectivity index (χ2n) is 5.42. The van der Waals surface area contributed by atoms with Crippen LogP contribution in [0, 0.1) is 13.8 Å². The molecule has 23 heavy (non-hydrogen) atoms. The van der Waals surface area contributed by atoms with Crippen molar-refractivity contribution < 1.29 is 4.74 Å². The van der Waals surface area contributed by atoms with E-state index in [0.717, 1.165) is 31.8 Å². The summed E-state index contributed by atoms with van der Waals surface area (Å²) in [6.07, 6.45) is 0. The van der Waals surface area contributed by atoms with E-state index in [0.29, 0.717) is 18.5 Å². The molecule has 4 nitrogen and oxygen atoms in total. The number of methoxy groups -OCH3 is 1. The second-order valence-corrected chi connectivity index (χ2v) is 7.13. The van der Waals surface area contributed by atoms with Crippen LogP contribution in [-0.2, 0) is 11.3 Å². The third kappa shape index (κ3) is 2.98. The number of halogens is 1. The maximum Gasteiger partial charge on any atom is 0.262 e. The van der Waals surface area contributed by atoms with Gasteiger partial charge in [0.15, 0.2) is 0 Å². The number of rotatable bonds is 4. The number of ether oxygens (including phenoxy) is 1. The molecule has 2 heterocycles. The van der Waals surface area contributed by atoms with Crippen molar-refractivity contribution in [2.75, 3.05) is 13.7 Å². The molecule has 0 aliphatic heterocycles. The maximum atomic E-state index is 13.0. The van der Waals surface area contributed by atoms with Crippen molar-refractivity contribution in [3.05, 3.63) is 49.8 Å². The van der Waals surface area contributed by atoms with Crippen LogP contribution < -0.4 is 5.56 Å². The average molecular weight is 393 g/mol. The van der Waals surface area contributed by atoms with Gasteiger partial charge in [0, 0.05) is 22.5 Å². The predicted molar refractivity (Wildman–Crippen MR) is 98.4 cm³/mol. The highest BCUT2D eigenvalue weighted by Gasteiger charge is 2.17. The van der Waals surface area contributed by atoms with E-state index in [9.17, 15) is 4.79 Å². The number of benzene rings is 1. The summed E-state index contributed by atoms with van der Waals surface area (Å²) in [5, 5.41) is 2.70. The van der Waals surface area contributed by atoms with Crippen LogP contribution in [-0.4, -0.2) is 23.3 Å². The maximum absolute atomic E-state index is 13.0. The van der Waals surface area contributed by atoms with Crippen LogP contribution in [0.4, 0.5) is 0 Å². The number of nitrogens with zero attached hydrogens (tertiary/aromatic N) is 2. The van der Waals surface area contributed by atoms with Gasteiger partial charge in [-0.3, -0.25) is 9.36 Å². The highest BCUT2D eigenvalue weighted by molar-refractivity contribution is 9.10. The first-order valence-electron chi connectivity index (χ1n) is 7.27. The van der Waals surface area contributed by atoms with Crippen molar-refractivity contribution in [2.24, 2.45) is 0 Å². The fraction of sp³-hybridized carbons (Fsp3) is 0.294. The zero-order valence-corrected chi connectivity index (χ0v) is 15.6. The molecular formula is C17H17BrN2O2S. The molecule has 3 rings (SSSR count). The molecule has 0 unspecified atom stereocenters. The van der Waals surface area contributed by atoms with Crippen LogP contribution >= 0.6 is 27.3 Å². The average Bonchev–Trinajstić information content (AvgIpc) is 2.93. The zero-order valence-electron chi connectivity index (χ0n) is 13.2. The molecule has 1 aromatic carbocycles. The molecule has 0 aliphatic carbocycles. The molecule has 0 fully saturated rings. The Morgan fingerprint density at radius 1 is 1.30 bits per heavy atom. The van der Waals surface area contributed by atoms with Gasteiger partial charge in [0.1, 0.15) is 10.7 Å². The minimum atomic E-state index is -0.00536. The summed E-state index contributed by atoms with van der Waals surface area (Å²) in [4.78, 5) is 18.3. The first-order valence-corrected chi connectivity index (χ1v) is 8.94. The smallest absolute Gasteiger partial charge is 0.262 e. The Kier molecular flexibility index (Phi) is 4.66. The first kappa shape index (κ1) is 16.4. The number of hydrogen-bond acceptors (Lipinski definition) is 4. The quantitative estimate of drug-likeness (QED) is 0.669. The van der Waals surface area contributed by atoms with Gasteiger partial charge in [0.2, 0.25) is 0 Å². The Hall–Kier alpha value is -1.50. The van der Waals surface area contributed by atoms with E-state index in [4.69, 9.17) is 4.74 Å². The monoisotopic (exact) mass is 392 g/mol. The highest BCUT2D eigenvalue weighted by atomic mass is 79.9. The predicted octanol–water partition coefficient (Wildman–Crippen LogP) is 4.15. The van der Waals surface area contributed by atoms with E-state index < -0.39 is 0 Å². The lowest BCUT2D eigenvalue weighted by Crippen LogP contribution is -2.25. The summed E-state index contributed by atoms with van der Waals surface area (Å²) in [5.74, 6) is 0.719. The van der Waals surface area contributed by atoms with E-state index in [2.05, 4.69) is 27.0 Å². The van der Waals surface area contributed by atoms with Gasteiger partial charge in [-0.1, -0.05) is 33.6 Å². The molecule has 6 heteroatoms. The van der Waals surface area contributed by atoms with Gasteiger partial charge < -0.3 is 4.74 Å². The van der Waals surface area contributed by atoms with E-state index in [1.165, 1.54) is 11.3 Å². The number of aryl methyl sites for hydroxylation is 2. The van der Waals surface area contributed by atoms with Gasteiger partial charge >= 0.3 is 0 Å². The summed E-state index contributed by atoms with van der Waals surface area (Å²) >= 11 is 5.10. The molecule has 0 aliphatic rings. The summed E-state index contributed by atoms with van der Waals surface area (Å²) in [6.45, 7) is 4.90. The van der Waals surface area contributed by atoms with E-state index in [1.54, 1.807) is 11.7 Å². The Labute approximate surface area is 146 Å². The van der Waals surface area contributed by atoms with Crippen molar-refractivity contribution in [3.8, 4) is 11.1 Å². The first-order chi connectivity index (χ1) is 11.0. The lowest BCUT2D eigenvalue weighted by atomic mass is 10.0. The molecule has 2 aromatic heterocycles. The number of thiophene rings is 1. The molecule has 0 saturated carbocycles. The van der Waals surface area contributed by atoms with Crippen molar-refractivity contribution in [1.82, 2.24) is 9.55 Å². The lowest BCUT2D eigenvalue weighted by Gasteiger charge is -2.10. The van der Waals surface area contributed by atoms with Crippen LogP contribution in [0.2, 0.25) is 0 Å². The van der Waals surface area contributed by atoms with Crippen LogP contribution in [0.25, 0.3) is 21.3 Å². The summed E-state index contributed by atoms with van der Waals surface area (Å²) in [5.41, 5.74) is 3.11. The largest absolute Gasteiger partial charge is 0.383 e.